The molecular formula is C7H4ClF2NO4S. The highest BCUT2D eigenvalue weighted by Gasteiger charge is 2.24. The molecule has 0 spiro atoms. The quantitative estimate of drug-likeness (QED) is 0.481. The Morgan fingerprint density at radius 1 is 1.38 bits per heavy atom. The predicted octanol–water partition coefficient (Wildman–Crippen LogP) is 2.46. The number of hydrogen-bond donors (Lipinski definition) is 0. The van der Waals surface area contributed by atoms with Crippen LogP contribution >= 0.6 is 10.7 Å². The topological polar surface area (TPSA) is 77.3 Å². The van der Waals surface area contributed by atoms with Gasteiger partial charge in [0.15, 0.2) is 0 Å². The fourth-order valence-corrected chi connectivity index (χ4v) is 2.12. The lowest BCUT2D eigenvalue weighted by Crippen LogP contribution is -2.00. The Kier molecular flexibility index (Phi) is 3.44. The number of rotatable bonds is 3. The molecule has 0 saturated heterocycles. The molecule has 0 saturated carbocycles. The van der Waals surface area contributed by atoms with E-state index in [2.05, 4.69) is 0 Å². The van der Waals surface area contributed by atoms with Gasteiger partial charge in [0.2, 0.25) is 0 Å². The van der Waals surface area contributed by atoms with Gasteiger partial charge in [-0.05, 0) is 6.07 Å². The highest BCUT2D eigenvalue weighted by Crippen LogP contribution is 2.31. The van der Waals surface area contributed by atoms with E-state index in [-0.39, 0.29) is 0 Å². The van der Waals surface area contributed by atoms with E-state index < -0.39 is 36.5 Å². The summed E-state index contributed by atoms with van der Waals surface area (Å²) in [7, 11) is 0.557. The first-order chi connectivity index (χ1) is 7.23. The van der Waals surface area contributed by atoms with Crippen LogP contribution in [-0.2, 0) is 9.05 Å². The normalized spacial score (nSPS) is 11.8. The summed E-state index contributed by atoms with van der Waals surface area (Å²) in [6, 6.07) is 1.96. The molecule has 1 aromatic carbocycles. The van der Waals surface area contributed by atoms with Crippen molar-refractivity contribution >= 4 is 25.4 Å². The van der Waals surface area contributed by atoms with E-state index in [4.69, 9.17) is 10.7 Å². The van der Waals surface area contributed by atoms with Crippen LogP contribution in [0.25, 0.3) is 0 Å². The van der Waals surface area contributed by atoms with Gasteiger partial charge < -0.3 is 0 Å². The summed E-state index contributed by atoms with van der Waals surface area (Å²) in [6.07, 6.45) is -3.16. The Morgan fingerprint density at radius 2 is 1.94 bits per heavy atom. The molecule has 0 aliphatic heterocycles. The van der Waals surface area contributed by atoms with Crippen molar-refractivity contribution in [3.05, 3.63) is 33.9 Å². The molecule has 1 rings (SSSR count). The summed E-state index contributed by atoms with van der Waals surface area (Å²) < 4.78 is 46.7. The van der Waals surface area contributed by atoms with Crippen LogP contribution in [0.4, 0.5) is 14.5 Å². The van der Waals surface area contributed by atoms with Crippen molar-refractivity contribution in [2.75, 3.05) is 0 Å². The van der Waals surface area contributed by atoms with Crippen molar-refractivity contribution < 1.29 is 22.1 Å². The van der Waals surface area contributed by atoms with Gasteiger partial charge in [0.05, 0.1) is 9.82 Å². The van der Waals surface area contributed by atoms with Gasteiger partial charge in [-0.1, -0.05) is 0 Å². The Morgan fingerprint density at radius 3 is 2.31 bits per heavy atom. The number of hydrogen-bond acceptors (Lipinski definition) is 4. The lowest BCUT2D eigenvalue weighted by atomic mass is 10.2. The Bertz CT molecular complexity index is 531. The van der Waals surface area contributed by atoms with E-state index in [0.717, 1.165) is 6.07 Å². The zero-order valence-electron chi connectivity index (χ0n) is 7.43. The smallest absolute Gasteiger partial charge is 0.258 e. The van der Waals surface area contributed by atoms with Crippen LogP contribution in [0.1, 0.15) is 12.0 Å². The number of non-ortho nitro benzene ring substituents is 1. The Labute approximate surface area is 93.2 Å². The zero-order valence-corrected chi connectivity index (χ0v) is 9.00. The van der Waals surface area contributed by atoms with E-state index in [1.165, 1.54) is 0 Å². The summed E-state index contributed by atoms with van der Waals surface area (Å²) in [4.78, 5) is 8.58. The standard InChI is InChI=1S/C7H4ClF2NO4S/c8-16(14,15)6-2-1-4(11(12)13)3-5(6)7(9)10/h1-3,7H. The average molecular weight is 272 g/mol. The van der Waals surface area contributed by atoms with Gasteiger partial charge in [-0.25, -0.2) is 17.2 Å². The van der Waals surface area contributed by atoms with Crippen molar-refractivity contribution in [3.8, 4) is 0 Å². The number of nitrogens with zero attached hydrogens (tertiary/aromatic N) is 1. The highest BCUT2D eigenvalue weighted by molar-refractivity contribution is 8.13. The molecule has 0 unspecified atom stereocenters. The van der Waals surface area contributed by atoms with Gasteiger partial charge >= 0.3 is 0 Å². The first-order valence-electron chi connectivity index (χ1n) is 3.74. The van der Waals surface area contributed by atoms with Crippen LogP contribution in [0.5, 0.6) is 0 Å². The number of halogens is 3. The lowest BCUT2D eigenvalue weighted by Gasteiger charge is -2.04. The number of nitro groups is 1. The van der Waals surface area contributed by atoms with Crippen molar-refractivity contribution in [2.45, 2.75) is 11.3 Å². The minimum absolute atomic E-state index is 0.486. The minimum atomic E-state index is -4.35. The molecule has 88 valence electrons. The lowest BCUT2D eigenvalue weighted by molar-refractivity contribution is -0.385. The van der Waals surface area contributed by atoms with Crippen LogP contribution < -0.4 is 0 Å². The summed E-state index contributed by atoms with van der Waals surface area (Å²) in [5, 5.41) is 10.3. The number of benzene rings is 1. The van der Waals surface area contributed by atoms with E-state index >= 15 is 0 Å². The van der Waals surface area contributed by atoms with Gasteiger partial charge in [0, 0.05) is 28.4 Å². The first-order valence-corrected chi connectivity index (χ1v) is 6.05. The van der Waals surface area contributed by atoms with E-state index in [9.17, 15) is 27.3 Å². The van der Waals surface area contributed by atoms with Gasteiger partial charge in [0.25, 0.3) is 21.2 Å². The molecule has 0 aromatic heterocycles. The SMILES string of the molecule is O=[N+]([O-])c1ccc(S(=O)(=O)Cl)c(C(F)F)c1. The molecule has 0 amide bonds. The largest absolute Gasteiger partial charge is 0.269 e. The van der Waals surface area contributed by atoms with Gasteiger partial charge in [-0.3, -0.25) is 10.1 Å². The Hall–Kier alpha value is -1.28. The molecule has 16 heavy (non-hydrogen) atoms. The third kappa shape index (κ3) is 2.64. The van der Waals surface area contributed by atoms with Crippen LogP contribution in [0.15, 0.2) is 23.1 Å². The molecule has 1 aromatic rings. The van der Waals surface area contributed by atoms with Gasteiger partial charge in [-0.2, -0.15) is 0 Å². The van der Waals surface area contributed by atoms with E-state index in [0.29, 0.717) is 12.1 Å². The summed E-state index contributed by atoms with van der Waals surface area (Å²) in [5.41, 5.74) is -1.61. The monoisotopic (exact) mass is 271 g/mol. The maximum absolute atomic E-state index is 12.5. The third-order valence-electron chi connectivity index (χ3n) is 1.70. The fraction of sp³-hybridized carbons (Fsp3) is 0.143. The molecule has 9 heteroatoms. The second-order valence-corrected chi connectivity index (χ2v) is 5.25. The van der Waals surface area contributed by atoms with E-state index in [1.807, 2.05) is 0 Å². The molecule has 0 radical (unpaired) electrons. The van der Waals surface area contributed by atoms with Crippen LogP contribution in [0, 0.1) is 10.1 Å². The Balaban J connectivity index is 3.49. The molecule has 0 atom stereocenters. The summed E-state index contributed by atoms with van der Waals surface area (Å²) in [5.74, 6) is 0. The first kappa shape index (κ1) is 12.8. The van der Waals surface area contributed by atoms with Gasteiger partial charge in [0.1, 0.15) is 0 Å². The molecule has 5 nitrogen and oxygen atoms in total. The van der Waals surface area contributed by atoms with Crippen LogP contribution in [0.3, 0.4) is 0 Å². The third-order valence-corrected chi connectivity index (χ3v) is 3.10. The zero-order chi connectivity index (χ0) is 12.5. The number of alkyl halides is 2. The molecule has 0 bridgehead atoms. The molecule has 0 fully saturated rings. The minimum Gasteiger partial charge on any atom is -0.258 e. The van der Waals surface area contributed by atoms with E-state index in [1.54, 1.807) is 0 Å². The maximum atomic E-state index is 12.5. The van der Waals surface area contributed by atoms with Gasteiger partial charge in [-0.15, -0.1) is 0 Å². The summed E-state index contributed by atoms with van der Waals surface area (Å²) in [6.45, 7) is 0. The highest BCUT2D eigenvalue weighted by atomic mass is 35.7. The predicted molar refractivity (Wildman–Crippen MR) is 51.1 cm³/mol. The molecule has 0 N–H and O–H groups in total. The maximum Gasteiger partial charge on any atom is 0.269 e. The van der Waals surface area contributed by atoms with Crippen molar-refractivity contribution in [1.82, 2.24) is 0 Å². The van der Waals surface area contributed by atoms with Crippen LogP contribution in [-0.4, -0.2) is 13.3 Å². The average Bonchev–Trinajstić information content (AvgIpc) is 2.15. The second kappa shape index (κ2) is 4.30. The molecule has 0 aliphatic rings. The van der Waals surface area contributed by atoms with Crippen molar-refractivity contribution in [3.63, 3.8) is 0 Å². The van der Waals surface area contributed by atoms with Crippen molar-refractivity contribution in [2.24, 2.45) is 0 Å². The molecular weight excluding hydrogens is 268 g/mol. The molecule has 0 aliphatic carbocycles. The fourth-order valence-electron chi connectivity index (χ4n) is 1.04. The van der Waals surface area contributed by atoms with Crippen LogP contribution in [0.2, 0.25) is 0 Å². The summed E-state index contributed by atoms with van der Waals surface area (Å²) >= 11 is 0. The number of nitro benzene ring substituents is 1. The van der Waals surface area contributed by atoms with Crippen molar-refractivity contribution in [1.29, 1.82) is 0 Å². The molecule has 0 heterocycles. The second-order valence-electron chi connectivity index (χ2n) is 2.72.